The summed E-state index contributed by atoms with van der Waals surface area (Å²) in [6.07, 6.45) is 4.75. The first-order valence-electron chi connectivity index (χ1n) is 15.0. The van der Waals surface area contributed by atoms with Crippen molar-refractivity contribution in [2.45, 2.75) is 24.7 Å². The minimum Gasteiger partial charge on any atom is -0.495 e. The molecule has 1 atom stereocenters. The first-order chi connectivity index (χ1) is 22.7. The third-order valence-electron chi connectivity index (χ3n) is 7.78. The molecule has 3 aromatic heterocycles. The lowest BCUT2D eigenvalue weighted by Gasteiger charge is -2.31. The Balaban J connectivity index is 1.45. The maximum Gasteiger partial charge on any atom is 0.288 e. The van der Waals surface area contributed by atoms with Gasteiger partial charge in [0.05, 0.1) is 41.6 Å². The van der Waals surface area contributed by atoms with E-state index in [0.717, 1.165) is 29.7 Å². The van der Waals surface area contributed by atoms with Gasteiger partial charge >= 0.3 is 0 Å². The van der Waals surface area contributed by atoms with Crippen LogP contribution in [0.2, 0.25) is 0 Å². The van der Waals surface area contributed by atoms with Gasteiger partial charge in [-0.1, -0.05) is 17.7 Å². The van der Waals surface area contributed by atoms with Crippen LogP contribution >= 0.6 is 0 Å². The van der Waals surface area contributed by atoms with E-state index in [0.29, 0.717) is 45.4 Å². The second kappa shape index (κ2) is 13.3. The Labute approximate surface area is 274 Å². The number of carbonyl (C=O) groups excluding carboxylic acids is 2. The molecule has 244 valence electrons. The number of rotatable bonds is 10. The van der Waals surface area contributed by atoms with Gasteiger partial charge in [0.1, 0.15) is 11.6 Å². The maximum atomic E-state index is 13.8. The lowest BCUT2D eigenvalue weighted by molar-refractivity contribution is -0.119. The molecular weight excluding hydrogens is 620 g/mol. The molecule has 13 nitrogen and oxygen atoms in total. The van der Waals surface area contributed by atoms with Crippen LogP contribution in [0.3, 0.4) is 0 Å². The number of furan rings is 1. The number of likely N-dealkylation sites (N-methyl/N-ethyl adjacent to an activating group) is 1. The van der Waals surface area contributed by atoms with Crippen molar-refractivity contribution in [1.29, 1.82) is 0 Å². The third kappa shape index (κ3) is 6.42. The number of ether oxygens (including phenoxy) is 1. The van der Waals surface area contributed by atoms with Crippen molar-refractivity contribution in [3.05, 3.63) is 77.9 Å². The van der Waals surface area contributed by atoms with E-state index in [1.807, 2.05) is 62.3 Å². The molecule has 47 heavy (non-hydrogen) atoms. The van der Waals surface area contributed by atoms with Gasteiger partial charge < -0.3 is 34.9 Å². The zero-order valence-corrected chi connectivity index (χ0v) is 27.6. The van der Waals surface area contributed by atoms with Crippen LogP contribution in [0.4, 0.5) is 28.8 Å². The van der Waals surface area contributed by atoms with Gasteiger partial charge in [0.25, 0.3) is 5.91 Å². The molecule has 0 radical (unpaired) electrons. The molecule has 6 rings (SSSR count). The molecule has 2 aromatic carbocycles. The van der Waals surface area contributed by atoms with Crippen LogP contribution in [0.15, 0.2) is 70.3 Å². The van der Waals surface area contributed by atoms with E-state index in [1.165, 1.54) is 13.3 Å². The first-order valence-corrected chi connectivity index (χ1v) is 16.1. The molecule has 1 aliphatic rings. The lowest BCUT2D eigenvalue weighted by atomic mass is 10.00. The quantitative estimate of drug-likeness (QED) is 0.195. The van der Waals surface area contributed by atoms with Crippen molar-refractivity contribution in [1.82, 2.24) is 24.2 Å². The van der Waals surface area contributed by atoms with Crippen LogP contribution < -0.4 is 25.6 Å². The summed E-state index contributed by atoms with van der Waals surface area (Å²) in [4.78, 5) is 39.5. The highest BCUT2D eigenvalue weighted by Gasteiger charge is 2.26. The summed E-state index contributed by atoms with van der Waals surface area (Å²) in [5.41, 5.74) is 4.18. The van der Waals surface area contributed by atoms with Crippen molar-refractivity contribution in [3.8, 4) is 5.75 Å². The Morgan fingerprint density at radius 3 is 2.57 bits per heavy atom. The van der Waals surface area contributed by atoms with E-state index in [-0.39, 0.29) is 24.2 Å². The number of aromatic nitrogens is 3. The highest BCUT2D eigenvalue weighted by molar-refractivity contribution is 7.83. The standard InChI is InChI=1S/C33H36N8O5S/c1-20-8-10-22(11-9-20)47(44)41-15-12-23-30(35-24-13-16-46-29(24)32(43)34-2)37-33(38-31(23)41)36-25-18-26-21(17-27(25)45-5)7-6-14-40(26)28(42)19-39(3)4/h8-13,15-18H,6-7,14,19H2,1-5H3,(H,34,43)(H2,35,36,37,38). The number of hydrogen-bond donors (Lipinski definition) is 3. The Kier molecular flexibility index (Phi) is 8.96. The van der Waals surface area contributed by atoms with Crippen LogP contribution in [-0.4, -0.2) is 76.2 Å². The van der Waals surface area contributed by atoms with Gasteiger partial charge in [0, 0.05) is 31.5 Å². The van der Waals surface area contributed by atoms with E-state index < -0.39 is 16.9 Å². The molecule has 5 aromatic rings. The molecule has 2 amide bonds. The molecule has 3 N–H and O–H groups in total. The predicted molar refractivity (Wildman–Crippen MR) is 181 cm³/mol. The fourth-order valence-corrected chi connectivity index (χ4v) is 6.55. The highest BCUT2D eigenvalue weighted by Crippen LogP contribution is 2.39. The molecule has 0 saturated carbocycles. The van der Waals surface area contributed by atoms with E-state index in [9.17, 15) is 13.8 Å². The zero-order chi connectivity index (χ0) is 33.2. The summed E-state index contributed by atoms with van der Waals surface area (Å²) in [5, 5.41) is 9.63. The Bertz CT molecular complexity index is 1990. The van der Waals surface area contributed by atoms with Crippen LogP contribution in [0.1, 0.15) is 28.1 Å². The van der Waals surface area contributed by atoms with Crippen LogP contribution in [-0.2, 0) is 22.2 Å². The second-order valence-electron chi connectivity index (χ2n) is 11.4. The number of amides is 2. The third-order valence-corrected chi connectivity index (χ3v) is 9.11. The number of hydrogen-bond acceptors (Lipinski definition) is 10. The first kappa shape index (κ1) is 31.8. The number of benzene rings is 2. The van der Waals surface area contributed by atoms with E-state index in [1.54, 1.807) is 34.3 Å². The lowest BCUT2D eigenvalue weighted by Crippen LogP contribution is -2.40. The molecule has 14 heteroatoms. The summed E-state index contributed by atoms with van der Waals surface area (Å²) in [6.45, 7) is 2.86. The van der Waals surface area contributed by atoms with Gasteiger partial charge in [0.15, 0.2) is 16.6 Å². The predicted octanol–water partition coefficient (Wildman–Crippen LogP) is 4.60. The molecule has 0 spiro atoms. The monoisotopic (exact) mass is 656 g/mol. The molecule has 0 aliphatic carbocycles. The van der Waals surface area contributed by atoms with Crippen molar-refractivity contribution in [2.75, 3.05) is 56.9 Å². The maximum absolute atomic E-state index is 13.8. The summed E-state index contributed by atoms with van der Waals surface area (Å²) in [6, 6.07) is 14.6. The largest absolute Gasteiger partial charge is 0.495 e. The molecular formula is C33H36N8O5S. The van der Waals surface area contributed by atoms with Crippen LogP contribution in [0.5, 0.6) is 5.75 Å². The summed E-state index contributed by atoms with van der Waals surface area (Å²) in [5.74, 6) is 0.745. The van der Waals surface area contributed by atoms with Gasteiger partial charge in [0.2, 0.25) is 17.6 Å². The molecule has 4 heterocycles. The molecule has 0 fully saturated rings. The molecule has 0 saturated heterocycles. The van der Waals surface area contributed by atoms with Gasteiger partial charge in [-0.25, -0.2) is 8.18 Å². The van der Waals surface area contributed by atoms with Crippen molar-refractivity contribution < 1.29 is 23.0 Å². The average molecular weight is 657 g/mol. The number of fused-ring (bicyclic) bond motifs is 2. The van der Waals surface area contributed by atoms with Crippen LogP contribution in [0.25, 0.3) is 11.0 Å². The van der Waals surface area contributed by atoms with Crippen molar-refractivity contribution in [3.63, 3.8) is 0 Å². The Morgan fingerprint density at radius 1 is 1.06 bits per heavy atom. The van der Waals surface area contributed by atoms with E-state index in [2.05, 4.69) is 16.0 Å². The summed E-state index contributed by atoms with van der Waals surface area (Å²) < 4.78 is 26.6. The van der Waals surface area contributed by atoms with Gasteiger partial charge in [-0.15, -0.1) is 0 Å². The second-order valence-corrected chi connectivity index (χ2v) is 12.8. The fourth-order valence-electron chi connectivity index (χ4n) is 5.48. The minimum absolute atomic E-state index is 0.000308. The smallest absolute Gasteiger partial charge is 0.288 e. The number of nitrogens with one attached hydrogen (secondary N) is 3. The number of carbonyl (C=O) groups is 2. The van der Waals surface area contributed by atoms with Gasteiger partial charge in [-0.2, -0.15) is 9.97 Å². The van der Waals surface area contributed by atoms with E-state index in [4.69, 9.17) is 19.1 Å². The van der Waals surface area contributed by atoms with Crippen LogP contribution in [0, 0.1) is 6.92 Å². The van der Waals surface area contributed by atoms with Crippen molar-refractivity contribution in [2.24, 2.45) is 0 Å². The average Bonchev–Trinajstić information content (AvgIpc) is 3.71. The minimum atomic E-state index is -1.62. The summed E-state index contributed by atoms with van der Waals surface area (Å²) >= 11 is 0. The molecule has 1 unspecified atom stereocenters. The normalized spacial score (nSPS) is 13.4. The topological polar surface area (TPSA) is 147 Å². The van der Waals surface area contributed by atoms with Gasteiger partial charge in [-0.3, -0.25) is 9.59 Å². The fraction of sp³-hybridized carbons (Fsp3) is 0.273. The highest BCUT2D eigenvalue weighted by atomic mass is 32.2. The number of anilines is 5. The number of nitrogens with zero attached hydrogens (tertiary/aromatic N) is 5. The Morgan fingerprint density at radius 2 is 1.85 bits per heavy atom. The van der Waals surface area contributed by atoms with Gasteiger partial charge in [-0.05, 0) is 69.8 Å². The van der Waals surface area contributed by atoms with E-state index >= 15 is 0 Å². The Hall–Kier alpha value is -5.21. The SMILES string of the molecule is CNC(=O)c1occc1Nc1nc(Nc2cc3c(cc2OC)CCCN3C(=O)CN(C)C)nc2c1ccn2S(=O)c1ccc(C)cc1. The summed E-state index contributed by atoms with van der Waals surface area (Å²) in [7, 11) is 5.21. The number of aryl methyl sites for hydroxylation is 2. The zero-order valence-electron chi connectivity index (χ0n) is 26.8. The number of methoxy groups -OCH3 is 1. The molecule has 0 bridgehead atoms. The van der Waals surface area contributed by atoms with Crippen molar-refractivity contribution >= 4 is 62.7 Å². The molecule has 1 aliphatic heterocycles.